The summed E-state index contributed by atoms with van der Waals surface area (Å²) in [6.45, 7) is 3.24. The van der Waals surface area contributed by atoms with Gasteiger partial charge in [-0.25, -0.2) is 0 Å². The molecule has 3 nitrogen and oxygen atoms in total. The van der Waals surface area contributed by atoms with Gasteiger partial charge in [0.05, 0.1) is 21.0 Å². The first-order valence-corrected chi connectivity index (χ1v) is 6.79. The highest BCUT2D eigenvalue weighted by Crippen LogP contribution is 2.36. The van der Waals surface area contributed by atoms with E-state index in [9.17, 15) is 18.0 Å². The average molecular weight is 339 g/mol. The highest BCUT2D eigenvalue weighted by Gasteiger charge is 2.36. The first kappa shape index (κ1) is 17.7. The van der Waals surface area contributed by atoms with Crippen LogP contribution in [-0.2, 0) is 11.0 Å². The van der Waals surface area contributed by atoms with Crippen LogP contribution in [0.5, 0.6) is 0 Å². The number of carbonyl (C=O) groups excluding carboxylic acids is 1. The highest BCUT2D eigenvalue weighted by atomic mass is 35.5. The third kappa shape index (κ3) is 3.85. The molecule has 0 saturated heterocycles. The van der Waals surface area contributed by atoms with Gasteiger partial charge in [0.2, 0.25) is 5.91 Å². The fourth-order valence-corrected chi connectivity index (χ4v) is 2.00. The Balaban J connectivity index is 3.10. The van der Waals surface area contributed by atoms with E-state index in [1.54, 1.807) is 6.92 Å². The number of hydrogen-bond acceptors (Lipinski definition) is 2. The Morgan fingerprint density at radius 3 is 2.43 bits per heavy atom. The second-order valence-corrected chi connectivity index (χ2v) is 5.54. The van der Waals surface area contributed by atoms with E-state index in [-0.39, 0.29) is 10.7 Å². The van der Waals surface area contributed by atoms with Gasteiger partial charge in [-0.15, -0.1) is 0 Å². The minimum absolute atomic E-state index is 0.0207. The SMILES string of the molecule is CCC(C)(C(=O)Nc1ccc(Cl)c(C(F)(F)F)c1)C(N)=S. The second-order valence-electron chi connectivity index (χ2n) is 4.70. The van der Waals surface area contributed by atoms with Gasteiger partial charge in [0, 0.05) is 5.69 Å². The van der Waals surface area contributed by atoms with Crippen molar-refractivity contribution in [1.82, 2.24) is 0 Å². The minimum Gasteiger partial charge on any atom is -0.392 e. The summed E-state index contributed by atoms with van der Waals surface area (Å²) in [5, 5.41) is 1.95. The number of nitrogens with one attached hydrogen (secondary N) is 1. The first-order chi connectivity index (χ1) is 9.52. The Morgan fingerprint density at radius 1 is 1.43 bits per heavy atom. The van der Waals surface area contributed by atoms with Crippen LogP contribution in [0, 0.1) is 5.41 Å². The molecule has 116 valence electrons. The summed E-state index contributed by atoms with van der Waals surface area (Å²) in [4.78, 5) is 12.1. The number of amides is 1. The van der Waals surface area contributed by atoms with Crippen molar-refractivity contribution in [2.75, 3.05) is 5.32 Å². The number of rotatable bonds is 4. The molecule has 1 aromatic carbocycles. The van der Waals surface area contributed by atoms with E-state index in [4.69, 9.17) is 29.6 Å². The van der Waals surface area contributed by atoms with Gasteiger partial charge in [0.1, 0.15) is 0 Å². The minimum atomic E-state index is -4.60. The summed E-state index contributed by atoms with van der Waals surface area (Å²) in [6, 6.07) is 3.13. The molecule has 0 fully saturated rings. The molecule has 1 atom stereocenters. The van der Waals surface area contributed by atoms with Crippen molar-refractivity contribution in [1.29, 1.82) is 0 Å². The zero-order chi connectivity index (χ0) is 16.4. The van der Waals surface area contributed by atoms with E-state index in [1.807, 2.05) is 0 Å². The fourth-order valence-electron chi connectivity index (χ4n) is 1.54. The van der Waals surface area contributed by atoms with Crippen molar-refractivity contribution in [3.8, 4) is 0 Å². The maximum atomic E-state index is 12.8. The lowest BCUT2D eigenvalue weighted by atomic mass is 9.86. The molecular weight excluding hydrogens is 325 g/mol. The normalized spacial score (nSPS) is 14.4. The Kier molecular flexibility index (Phi) is 5.22. The third-order valence-electron chi connectivity index (χ3n) is 3.28. The molecule has 1 unspecified atom stereocenters. The molecule has 0 aromatic heterocycles. The molecule has 1 aromatic rings. The molecule has 1 amide bonds. The zero-order valence-corrected chi connectivity index (χ0v) is 12.9. The van der Waals surface area contributed by atoms with Crippen molar-refractivity contribution >= 4 is 40.4 Å². The van der Waals surface area contributed by atoms with Gasteiger partial charge < -0.3 is 11.1 Å². The quantitative estimate of drug-likeness (QED) is 0.816. The predicted octanol–water partition coefficient (Wildman–Crippen LogP) is 4.00. The van der Waals surface area contributed by atoms with Crippen LogP contribution in [0.25, 0.3) is 0 Å². The number of nitrogens with two attached hydrogens (primary N) is 1. The molecule has 3 N–H and O–H groups in total. The van der Waals surface area contributed by atoms with Crippen molar-refractivity contribution in [2.45, 2.75) is 26.4 Å². The van der Waals surface area contributed by atoms with Gasteiger partial charge >= 0.3 is 6.18 Å². The van der Waals surface area contributed by atoms with E-state index in [0.29, 0.717) is 6.42 Å². The molecule has 0 radical (unpaired) electrons. The highest BCUT2D eigenvalue weighted by molar-refractivity contribution is 7.80. The van der Waals surface area contributed by atoms with Gasteiger partial charge in [-0.3, -0.25) is 4.79 Å². The third-order valence-corrected chi connectivity index (χ3v) is 4.06. The predicted molar refractivity (Wildman–Crippen MR) is 80.3 cm³/mol. The molecule has 0 saturated carbocycles. The summed E-state index contributed by atoms with van der Waals surface area (Å²) in [5.74, 6) is -0.562. The van der Waals surface area contributed by atoms with Crippen LogP contribution in [0.15, 0.2) is 18.2 Å². The Hall–Kier alpha value is -1.34. The second kappa shape index (κ2) is 6.19. The Labute approximate surface area is 130 Å². The molecule has 0 spiro atoms. The van der Waals surface area contributed by atoms with Gasteiger partial charge in [-0.05, 0) is 31.5 Å². The molecule has 0 aliphatic heterocycles. The van der Waals surface area contributed by atoms with Gasteiger partial charge in [-0.1, -0.05) is 30.7 Å². The van der Waals surface area contributed by atoms with Crippen LogP contribution in [0.1, 0.15) is 25.8 Å². The van der Waals surface area contributed by atoms with Gasteiger partial charge in [0.15, 0.2) is 0 Å². The first-order valence-electron chi connectivity index (χ1n) is 6.00. The number of anilines is 1. The summed E-state index contributed by atoms with van der Waals surface area (Å²) < 4.78 is 38.3. The fraction of sp³-hybridized carbons (Fsp3) is 0.385. The standard InChI is InChI=1S/C13H14ClF3N2OS/c1-3-12(2,10(18)21)11(20)19-7-4-5-9(14)8(6-7)13(15,16)17/h4-6H,3H2,1-2H3,(H2,18,21)(H,19,20). The molecule has 8 heteroatoms. The Morgan fingerprint density at radius 2 is 2.00 bits per heavy atom. The number of carbonyl (C=O) groups is 1. The van der Waals surface area contributed by atoms with E-state index < -0.39 is 28.1 Å². The molecule has 1 rings (SSSR count). The lowest BCUT2D eigenvalue weighted by Gasteiger charge is -2.25. The van der Waals surface area contributed by atoms with Gasteiger partial charge in [-0.2, -0.15) is 13.2 Å². The molecule has 21 heavy (non-hydrogen) atoms. The smallest absolute Gasteiger partial charge is 0.392 e. The topological polar surface area (TPSA) is 55.1 Å². The van der Waals surface area contributed by atoms with Crippen molar-refractivity contribution in [2.24, 2.45) is 11.1 Å². The van der Waals surface area contributed by atoms with Crippen LogP contribution in [0.4, 0.5) is 18.9 Å². The van der Waals surface area contributed by atoms with E-state index in [2.05, 4.69) is 5.32 Å². The van der Waals surface area contributed by atoms with Crippen LogP contribution in [0.2, 0.25) is 5.02 Å². The van der Waals surface area contributed by atoms with E-state index in [1.165, 1.54) is 13.0 Å². The summed E-state index contributed by atoms with van der Waals surface area (Å²) in [6.07, 6.45) is -4.27. The van der Waals surface area contributed by atoms with Crippen LogP contribution in [-0.4, -0.2) is 10.9 Å². The van der Waals surface area contributed by atoms with Crippen molar-refractivity contribution < 1.29 is 18.0 Å². The maximum absolute atomic E-state index is 12.8. The number of alkyl halides is 3. The summed E-state index contributed by atoms with van der Waals surface area (Å²) in [7, 11) is 0. The maximum Gasteiger partial charge on any atom is 0.417 e. The largest absolute Gasteiger partial charge is 0.417 e. The molecule has 0 heterocycles. The lowest BCUT2D eigenvalue weighted by molar-refractivity contribution is -0.137. The monoisotopic (exact) mass is 338 g/mol. The zero-order valence-electron chi connectivity index (χ0n) is 11.3. The summed E-state index contributed by atoms with van der Waals surface area (Å²) in [5.41, 5.74) is 3.36. The number of hydrogen-bond donors (Lipinski definition) is 2. The van der Waals surface area contributed by atoms with Crippen LogP contribution >= 0.6 is 23.8 Å². The van der Waals surface area contributed by atoms with E-state index >= 15 is 0 Å². The molecular formula is C13H14ClF3N2OS. The van der Waals surface area contributed by atoms with E-state index in [0.717, 1.165) is 12.1 Å². The Bertz CT molecular complexity index is 577. The van der Waals surface area contributed by atoms with Crippen molar-refractivity contribution in [3.63, 3.8) is 0 Å². The number of benzene rings is 1. The number of thiocarbonyl (C=S) groups is 1. The average Bonchev–Trinajstić information content (AvgIpc) is 2.38. The summed E-state index contributed by atoms with van der Waals surface area (Å²) >= 11 is 10.4. The molecule has 0 bridgehead atoms. The lowest BCUT2D eigenvalue weighted by Crippen LogP contribution is -2.43. The van der Waals surface area contributed by atoms with Crippen LogP contribution < -0.4 is 11.1 Å². The van der Waals surface area contributed by atoms with Crippen LogP contribution in [0.3, 0.4) is 0 Å². The van der Waals surface area contributed by atoms with Crippen molar-refractivity contribution in [3.05, 3.63) is 28.8 Å². The van der Waals surface area contributed by atoms with Gasteiger partial charge in [0.25, 0.3) is 0 Å². The molecule has 0 aliphatic rings. The number of halogens is 4. The molecule has 0 aliphatic carbocycles.